The van der Waals surface area contributed by atoms with E-state index in [0.717, 1.165) is 13.0 Å². The minimum atomic E-state index is 0.246. The Kier molecular flexibility index (Phi) is 3.87. The van der Waals surface area contributed by atoms with Crippen molar-refractivity contribution in [3.05, 3.63) is 0 Å². The molecule has 2 heteroatoms. The fraction of sp³-hybridized carbons (Fsp3) is 1.00. The molecule has 1 aliphatic carbocycles. The van der Waals surface area contributed by atoms with Gasteiger partial charge >= 0.3 is 0 Å². The van der Waals surface area contributed by atoms with E-state index in [0.29, 0.717) is 6.10 Å². The summed E-state index contributed by atoms with van der Waals surface area (Å²) in [7, 11) is 0. The molecular weight excluding hydrogens is 138 g/mol. The zero-order chi connectivity index (χ0) is 8.10. The third-order valence-corrected chi connectivity index (χ3v) is 2.37. The smallest absolute Gasteiger partial charge is 0.0621 e. The van der Waals surface area contributed by atoms with Crippen molar-refractivity contribution >= 4 is 0 Å². The lowest BCUT2D eigenvalue weighted by molar-refractivity contribution is 0.0485. The molecule has 1 aliphatic rings. The van der Waals surface area contributed by atoms with Gasteiger partial charge in [0.15, 0.2) is 0 Å². The van der Waals surface area contributed by atoms with Crippen LogP contribution >= 0.6 is 0 Å². The predicted octanol–water partition coefficient (Wildman–Crippen LogP) is 1.68. The summed E-state index contributed by atoms with van der Waals surface area (Å²) in [5, 5.41) is 0. The van der Waals surface area contributed by atoms with Gasteiger partial charge in [0.25, 0.3) is 0 Å². The highest BCUT2D eigenvalue weighted by Crippen LogP contribution is 2.20. The van der Waals surface area contributed by atoms with Crippen LogP contribution in [0.15, 0.2) is 0 Å². The molecule has 66 valence electrons. The lowest BCUT2D eigenvalue weighted by Gasteiger charge is -2.14. The third-order valence-electron chi connectivity index (χ3n) is 2.37. The van der Waals surface area contributed by atoms with Gasteiger partial charge in [-0.2, -0.15) is 0 Å². The van der Waals surface area contributed by atoms with Crippen LogP contribution in [-0.4, -0.2) is 18.8 Å². The zero-order valence-electron chi connectivity index (χ0n) is 7.38. The third kappa shape index (κ3) is 3.21. The molecule has 1 fully saturated rings. The largest absolute Gasteiger partial charge is 0.377 e. The van der Waals surface area contributed by atoms with E-state index in [-0.39, 0.29) is 6.04 Å². The first-order valence-corrected chi connectivity index (χ1v) is 4.70. The van der Waals surface area contributed by atoms with Crippen molar-refractivity contribution in [1.29, 1.82) is 0 Å². The van der Waals surface area contributed by atoms with Gasteiger partial charge in [0.1, 0.15) is 0 Å². The zero-order valence-corrected chi connectivity index (χ0v) is 7.38. The number of hydrogen-bond donors (Lipinski definition) is 1. The molecule has 0 aromatic rings. The maximum Gasteiger partial charge on any atom is 0.0621 e. The molecule has 0 aliphatic heterocycles. The highest BCUT2D eigenvalue weighted by atomic mass is 16.5. The molecule has 0 aromatic heterocycles. The Hall–Kier alpha value is -0.0800. The first-order chi connectivity index (χ1) is 5.33. The fourth-order valence-electron chi connectivity index (χ4n) is 1.43. The first-order valence-electron chi connectivity index (χ1n) is 4.70. The normalized spacial score (nSPS) is 22.4. The molecule has 1 saturated carbocycles. The maximum atomic E-state index is 5.73. The SMILES string of the molecule is CCC(N)COC1CCCC1. The summed E-state index contributed by atoms with van der Waals surface area (Å²) in [5.41, 5.74) is 5.73. The minimum Gasteiger partial charge on any atom is -0.377 e. The van der Waals surface area contributed by atoms with Crippen LogP contribution in [-0.2, 0) is 4.74 Å². The Morgan fingerprint density at radius 1 is 1.45 bits per heavy atom. The molecule has 11 heavy (non-hydrogen) atoms. The van der Waals surface area contributed by atoms with E-state index < -0.39 is 0 Å². The topological polar surface area (TPSA) is 35.2 Å². The molecule has 1 rings (SSSR count). The van der Waals surface area contributed by atoms with Gasteiger partial charge in [-0.1, -0.05) is 19.8 Å². The first kappa shape index (κ1) is 9.01. The molecule has 0 saturated heterocycles. The van der Waals surface area contributed by atoms with Gasteiger partial charge in [0.2, 0.25) is 0 Å². The van der Waals surface area contributed by atoms with Gasteiger partial charge in [-0.25, -0.2) is 0 Å². The van der Waals surface area contributed by atoms with E-state index in [2.05, 4.69) is 6.92 Å². The van der Waals surface area contributed by atoms with E-state index in [1.165, 1.54) is 25.7 Å². The summed E-state index contributed by atoms with van der Waals surface area (Å²) >= 11 is 0. The van der Waals surface area contributed by atoms with Crippen LogP contribution in [0.4, 0.5) is 0 Å². The maximum absolute atomic E-state index is 5.73. The molecule has 0 spiro atoms. The molecular formula is C9H19NO. The molecule has 1 unspecified atom stereocenters. The van der Waals surface area contributed by atoms with E-state index in [1.54, 1.807) is 0 Å². The van der Waals surface area contributed by atoms with Gasteiger partial charge in [-0.3, -0.25) is 0 Å². The molecule has 0 heterocycles. The molecule has 0 amide bonds. The summed E-state index contributed by atoms with van der Waals surface area (Å²) in [4.78, 5) is 0. The van der Waals surface area contributed by atoms with Crippen LogP contribution in [0.25, 0.3) is 0 Å². The highest BCUT2D eigenvalue weighted by Gasteiger charge is 2.15. The highest BCUT2D eigenvalue weighted by molar-refractivity contribution is 4.68. The fourth-order valence-corrected chi connectivity index (χ4v) is 1.43. The molecule has 2 nitrogen and oxygen atoms in total. The van der Waals surface area contributed by atoms with Crippen LogP contribution in [0.5, 0.6) is 0 Å². The Morgan fingerprint density at radius 3 is 2.64 bits per heavy atom. The molecule has 0 bridgehead atoms. The van der Waals surface area contributed by atoms with Gasteiger partial charge < -0.3 is 10.5 Å². The van der Waals surface area contributed by atoms with Crippen molar-refractivity contribution in [3.8, 4) is 0 Å². The second-order valence-corrected chi connectivity index (χ2v) is 3.41. The van der Waals surface area contributed by atoms with Crippen LogP contribution < -0.4 is 5.73 Å². The molecule has 1 atom stereocenters. The Balaban J connectivity index is 2.01. The van der Waals surface area contributed by atoms with E-state index >= 15 is 0 Å². The van der Waals surface area contributed by atoms with E-state index in [9.17, 15) is 0 Å². The molecule has 0 aromatic carbocycles. The van der Waals surface area contributed by atoms with Crippen LogP contribution in [0.1, 0.15) is 39.0 Å². The number of hydrogen-bond acceptors (Lipinski definition) is 2. The molecule has 0 radical (unpaired) electrons. The van der Waals surface area contributed by atoms with E-state index in [1.807, 2.05) is 0 Å². The lowest BCUT2D eigenvalue weighted by Crippen LogP contribution is -2.27. The molecule has 2 N–H and O–H groups in total. The quantitative estimate of drug-likeness (QED) is 0.674. The summed E-state index contributed by atoms with van der Waals surface area (Å²) in [5.74, 6) is 0. The van der Waals surface area contributed by atoms with Crippen LogP contribution in [0, 0.1) is 0 Å². The Labute approximate surface area is 69.1 Å². The van der Waals surface area contributed by atoms with Crippen molar-refractivity contribution in [1.82, 2.24) is 0 Å². The number of ether oxygens (including phenoxy) is 1. The second kappa shape index (κ2) is 4.73. The van der Waals surface area contributed by atoms with Crippen molar-refractivity contribution < 1.29 is 4.74 Å². The standard InChI is InChI=1S/C9H19NO/c1-2-8(10)7-11-9-5-3-4-6-9/h8-9H,2-7,10H2,1H3. The summed E-state index contributed by atoms with van der Waals surface area (Å²) < 4.78 is 5.63. The van der Waals surface area contributed by atoms with Gasteiger partial charge in [0.05, 0.1) is 12.7 Å². The average molecular weight is 157 g/mol. The number of nitrogens with two attached hydrogens (primary N) is 1. The van der Waals surface area contributed by atoms with Crippen LogP contribution in [0.2, 0.25) is 0 Å². The summed E-state index contributed by atoms with van der Waals surface area (Å²) in [6.45, 7) is 2.85. The van der Waals surface area contributed by atoms with Gasteiger partial charge in [-0.15, -0.1) is 0 Å². The minimum absolute atomic E-state index is 0.246. The van der Waals surface area contributed by atoms with Gasteiger partial charge in [0, 0.05) is 6.04 Å². The second-order valence-electron chi connectivity index (χ2n) is 3.41. The summed E-state index contributed by atoms with van der Waals surface area (Å²) in [6.07, 6.45) is 6.71. The monoisotopic (exact) mass is 157 g/mol. The number of rotatable bonds is 4. The van der Waals surface area contributed by atoms with Crippen molar-refractivity contribution in [3.63, 3.8) is 0 Å². The average Bonchev–Trinajstić information content (AvgIpc) is 2.52. The van der Waals surface area contributed by atoms with E-state index in [4.69, 9.17) is 10.5 Å². The lowest BCUT2D eigenvalue weighted by atomic mass is 10.2. The Morgan fingerprint density at radius 2 is 2.09 bits per heavy atom. The van der Waals surface area contributed by atoms with Crippen molar-refractivity contribution in [2.24, 2.45) is 5.73 Å². The predicted molar refractivity (Wildman–Crippen MR) is 46.5 cm³/mol. The van der Waals surface area contributed by atoms with Gasteiger partial charge in [-0.05, 0) is 19.3 Å². The summed E-state index contributed by atoms with van der Waals surface area (Å²) in [6, 6.07) is 0.246. The van der Waals surface area contributed by atoms with Crippen LogP contribution in [0.3, 0.4) is 0 Å². The Bertz CT molecular complexity index is 99.7. The van der Waals surface area contributed by atoms with Crippen molar-refractivity contribution in [2.75, 3.05) is 6.61 Å². The van der Waals surface area contributed by atoms with Crippen molar-refractivity contribution in [2.45, 2.75) is 51.2 Å².